The van der Waals surface area contributed by atoms with Gasteiger partial charge in [0.25, 0.3) is 5.82 Å². The number of hydrogen-bond acceptors (Lipinski definition) is 3. The van der Waals surface area contributed by atoms with Crippen molar-refractivity contribution in [2.24, 2.45) is 0 Å². The lowest BCUT2D eigenvalue weighted by molar-refractivity contribution is 0.0683. The van der Waals surface area contributed by atoms with Crippen LogP contribution in [0.25, 0.3) is 5.69 Å². The van der Waals surface area contributed by atoms with Crippen molar-refractivity contribution in [3.63, 3.8) is 0 Å². The summed E-state index contributed by atoms with van der Waals surface area (Å²) in [5, 5.41) is 13.1. The molecule has 0 atom stereocenters. The first-order valence-corrected chi connectivity index (χ1v) is 7.54. The Labute approximate surface area is 132 Å². The van der Waals surface area contributed by atoms with Crippen molar-refractivity contribution in [3.05, 3.63) is 37.9 Å². The highest BCUT2D eigenvalue weighted by Gasteiger charge is 2.17. The van der Waals surface area contributed by atoms with Crippen LogP contribution in [0.2, 0.25) is 0 Å². The molecule has 100 valence electrons. The highest BCUT2D eigenvalue weighted by atomic mass is 127. The number of carboxylic acids is 1. The molecule has 1 heterocycles. The number of rotatable bonds is 4. The van der Waals surface area contributed by atoms with Gasteiger partial charge in [0.05, 0.1) is 5.69 Å². The molecular weight excluding hydrogens is 425 g/mol. The fourth-order valence-corrected chi connectivity index (χ4v) is 2.55. The summed E-state index contributed by atoms with van der Waals surface area (Å²) in [6.45, 7) is 2.02. The third-order valence-electron chi connectivity index (χ3n) is 2.48. The summed E-state index contributed by atoms with van der Waals surface area (Å²) in [5.41, 5.74) is 0.801. The van der Waals surface area contributed by atoms with E-state index in [1.807, 2.05) is 25.1 Å². The van der Waals surface area contributed by atoms with Crippen LogP contribution < -0.4 is 0 Å². The highest BCUT2D eigenvalue weighted by molar-refractivity contribution is 14.1. The Balaban J connectivity index is 2.59. The van der Waals surface area contributed by atoms with Crippen molar-refractivity contribution in [1.82, 2.24) is 14.8 Å². The number of carbonyl (C=O) groups is 1. The lowest BCUT2D eigenvalue weighted by atomic mass is 10.3. The van der Waals surface area contributed by atoms with Crippen molar-refractivity contribution in [3.8, 4) is 5.69 Å². The molecule has 0 radical (unpaired) electrons. The standard InChI is InChI=1S/C12H11BrIN3O2/c1-2-3-10-15-11(12(18)19)16-17(10)9-6-7(14)4-5-8(9)13/h4-6H,2-3H2,1H3,(H,18,19). The molecule has 0 aliphatic heterocycles. The number of hydrogen-bond donors (Lipinski definition) is 1. The molecule has 1 aromatic heterocycles. The van der Waals surface area contributed by atoms with Crippen LogP contribution >= 0.6 is 38.5 Å². The van der Waals surface area contributed by atoms with Crippen molar-refractivity contribution in [2.45, 2.75) is 19.8 Å². The van der Waals surface area contributed by atoms with Gasteiger partial charge in [-0.3, -0.25) is 0 Å². The van der Waals surface area contributed by atoms with E-state index in [2.05, 4.69) is 48.6 Å². The summed E-state index contributed by atoms with van der Waals surface area (Å²) in [6, 6.07) is 5.81. The zero-order chi connectivity index (χ0) is 14.0. The van der Waals surface area contributed by atoms with Gasteiger partial charge < -0.3 is 5.11 Å². The van der Waals surface area contributed by atoms with Gasteiger partial charge in [0.15, 0.2) is 0 Å². The summed E-state index contributed by atoms with van der Waals surface area (Å²) >= 11 is 5.66. The zero-order valence-electron chi connectivity index (χ0n) is 10.1. The lowest BCUT2D eigenvalue weighted by Gasteiger charge is -2.07. The Morgan fingerprint density at radius 2 is 2.26 bits per heavy atom. The minimum absolute atomic E-state index is 0.172. The Hall–Kier alpha value is -0.960. The van der Waals surface area contributed by atoms with Gasteiger partial charge in [-0.1, -0.05) is 6.92 Å². The molecule has 7 heteroatoms. The average Bonchev–Trinajstić information content (AvgIpc) is 2.77. The van der Waals surface area contributed by atoms with Crippen LogP contribution in [0.3, 0.4) is 0 Å². The van der Waals surface area contributed by atoms with Crippen LogP contribution in [-0.4, -0.2) is 25.8 Å². The third kappa shape index (κ3) is 3.14. The molecule has 0 spiro atoms. The Morgan fingerprint density at radius 1 is 1.53 bits per heavy atom. The van der Waals surface area contributed by atoms with Crippen LogP contribution in [0.1, 0.15) is 29.8 Å². The summed E-state index contributed by atoms with van der Waals surface area (Å²) in [5.74, 6) is -0.630. The van der Waals surface area contributed by atoms with Crippen LogP contribution in [0.4, 0.5) is 0 Å². The van der Waals surface area contributed by atoms with E-state index in [4.69, 9.17) is 5.11 Å². The summed E-state index contributed by atoms with van der Waals surface area (Å²) < 4.78 is 3.50. The number of aromatic nitrogens is 3. The van der Waals surface area contributed by atoms with Crippen LogP contribution in [0.15, 0.2) is 22.7 Å². The van der Waals surface area contributed by atoms with Gasteiger partial charge in [-0.15, -0.1) is 5.10 Å². The number of nitrogens with zero attached hydrogens (tertiary/aromatic N) is 3. The number of carboxylic acid groups (broad SMARTS) is 1. The van der Waals surface area contributed by atoms with E-state index in [0.29, 0.717) is 12.2 Å². The molecule has 0 saturated carbocycles. The second kappa shape index (κ2) is 6.00. The quantitative estimate of drug-likeness (QED) is 0.748. The van der Waals surface area contributed by atoms with Gasteiger partial charge in [-0.25, -0.2) is 14.5 Å². The lowest BCUT2D eigenvalue weighted by Crippen LogP contribution is -2.05. The maximum Gasteiger partial charge on any atom is 0.375 e. The SMILES string of the molecule is CCCc1nc(C(=O)O)nn1-c1cc(I)ccc1Br. The fraction of sp³-hybridized carbons (Fsp3) is 0.250. The van der Waals surface area contributed by atoms with Gasteiger partial charge in [0.1, 0.15) is 5.82 Å². The largest absolute Gasteiger partial charge is 0.475 e. The van der Waals surface area contributed by atoms with Gasteiger partial charge in [0.2, 0.25) is 0 Å². The summed E-state index contributed by atoms with van der Waals surface area (Å²) in [4.78, 5) is 15.1. The van der Waals surface area contributed by atoms with E-state index in [1.54, 1.807) is 4.68 Å². The van der Waals surface area contributed by atoms with E-state index in [0.717, 1.165) is 20.2 Å². The van der Waals surface area contributed by atoms with Crippen molar-refractivity contribution < 1.29 is 9.90 Å². The molecule has 0 saturated heterocycles. The highest BCUT2D eigenvalue weighted by Crippen LogP contribution is 2.24. The number of aromatic carboxylic acids is 1. The summed E-state index contributed by atoms with van der Waals surface area (Å²) in [6.07, 6.45) is 1.55. The molecule has 2 rings (SSSR count). The normalized spacial score (nSPS) is 10.7. The molecule has 0 aliphatic rings. The fourth-order valence-electron chi connectivity index (χ4n) is 1.66. The molecule has 0 amide bonds. The maximum atomic E-state index is 11.0. The van der Waals surface area contributed by atoms with Crippen LogP contribution in [-0.2, 0) is 6.42 Å². The average molecular weight is 436 g/mol. The van der Waals surface area contributed by atoms with Gasteiger partial charge in [0, 0.05) is 14.5 Å². The monoisotopic (exact) mass is 435 g/mol. The van der Waals surface area contributed by atoms with E-state index < -0.39 is 5.97 Å². The smallest absolute Gasteiger partial charge is 0.375 e. The second-order valence-corrected chi connectivity index (χ2v) is 6.01. The van der Waals surface area contributed by atoms with E-state index in [-0.39, 0.29) is 5.82 Å². The predicted octanol–water partition coefficient (Wildman–Crippen LogP) is 3.29. The first-order valence-electron chi connectivity index (χ1n) is 5.67. The van der Waals surface area contributed by atoms with Crippen molar-refractivity contribution >= 4 is 44.5 Å². The molecular formula is C12H11BrIN3O2. The number of aryl methyl sites for hydroxylation is 1. The van der Waals surface area contributed by atoms with Crippen molar-refractivity contribution in [1.29, 1.82) is 0 Å². The molecule has 19 heavy (non-hydrogen) atoms. The van der Waals surface area contributed by atoms with Gasteiger partial charge >= 0.3 is 5.97 Å². The van der Waals surface area contributed by atoms with Crippen LogP contribution in [0, 0.1) is 3.57 Å². The molecule has 0 aliphatic carbocycles. The third-order valence-corrected chi connectivity index (χ3v) is 3.82. The minimum atomic E-state index is -1.11. The van der Waals surface area contributed by atoms with Gasteiger partial charge in [-0.05, 0) is 63.1 Å². The number of benzene rings is 1. The second-order valence-electron chi connectivity index (χ2n) is 3.91. The molecule has 0 fully saturated rings. The van der Waals surface area contributed by atoms with Gasteiger partial charge in [-0.2, -0.15) is 0 Å². The van der Waals surface area contributed by atoms with Crippen LogP contribution in [0.5, 0.6) is 0 Å². The molecule has 1 aromatic carbocycles. The molecule has 2 aromatic rings. The maximum absolute atomic E-state index is 11.0. The topological polar surface area (TPSA) is 68.0 Å². The van der Waals surface area contributed by atoms with Crippen molar-refractivity contribution in [2.75, 3.05) is 0 Å². The number of halogens is 2. The van der Waals surface area contributed by atoms with E-state index in [1.165, 1.54) is 0 Å². The first kappa shape index (κ1) is 14.4. The zero-order valence-corrected chi connectivity index (χ0v) is 13.8. The molecule has 1 N–H and O–H groups in total. The Bertz CT molecular complexity index is 627. The van der Waals surface area contributed by atoms with E-state index >= 15 is 0 Å². The minimum Gasteiger partial charge on any atom is -0.475 e. The Kier molecular flexibility index (Phi) is 4.56. The summed E-state index contributed by atoms with van der Waals surface area (Å²) in [7, 11) is 0. The Morgan fingerprint density at radius 3 is 2.89 bits per heavy atom. The van der Waals surface area contributed by atoms with E-state index in [9.17, 15) is 4.79 Å². The molecule has 0 bridgehead atoms. The first-order chi connectivity index (χ1) is 9.02. The predicted molar refractivity (Wildman–Crippen MR) is 82.7 cm³/mol. The molecule has 0 unspecified atom stereocenters. The molecule has 5 nitrogen and oxygen atoms in total.